The van der Waals surface area contributed by atoms with E-state index in [-0.39, 0.29) is 17.1 Å². The van der Waals surface area contributed by atoms with Crippen LogP contribution in [0.2, 0.25) is 0 Å². The Morgan fingerprint density at radius 3 is 2.55 bits per heavy atom. The van der Waals surface area contributed by atoms with E-state index < -0.39 is 11.8 Å². The molecule has 106 valence electrons. The highest BCUT2D eigenvalue weighted by atomic mass is 19.1. The highest BCUT2D eigenvalue weighted by molar-refractivity contribution is 6.16. The van der Waals surface area contributed by atoms with Gasteiger partial charge >= 0.3 is 6.03 Å². The second-order valence-corrected chi connectivity index (χ2v) is 5.66. The Balaban J connectivity index is 1.86. The molecular weight excluding hydrogens is 259 g/mol. The molecule has 1 N–H and O–H groups in total. The van der Waals surface area contributed by atoms with E-state index in [1.807, 2.05) is 0 Å². The number of halogens is 1. The maximum atomic E-state index is 13.3. The van der Waals surface area contributed by atoms with E-state index in [0.29, 0.717) is 6.42 Å². The molecule has 1 aromatic carbocycles. The van der Waals surface area contributed by atoms with Crippen molar-refractivity contribution in [3.63, 3.8) is 0 Å². The first-order chi connectivity index (χ1) is 9.60. The van der Waals surface area contributed by atoms with Crippen molar-refractivity contribution in [1.82, 2.24) is 5.32 Å². The van der Waals surface area contributed by atoms with Crippen LogP contribution in [-0.4, -0.2) is 17.5 Å². The molecule has 1 aliphatic carbocycles. The van der Waals surface area contributed by atoms with Crippen molar-refractivity contribution in [3.8, 4) is 0 Å². The van der Waals surface area contributed by atoms with Gasteiger partial charge < -0.3 is 5.32 Å². The lowest BCUT2D eigenvalue weighted by molar-refractivity contribution is -0.120. The Morgan fingerprint density at radius 1 is 1.15 bits per heavy atom. The van der Waals surface area contributed by atoms with E-state index in [4.69, 9.17) is 0 Å². The van der Waals surface area contributed by atoms with Crippen molar-refractivity contribution in [2.45, 2.75) is 44.1 Å². The quantitative estimate of drug-likeness (QED) is 0.857. The van der Waals surface area contributed by atoms with Crippen LogP contribution in [0.3, 0.4) is 0 Å². The van der Waals surface area contributed by atoms with Gasteiger partial charge in [-0.15, -0.1) is 0 Å². The Labute approximate surface area is 117 Å². The molecule has 3 rings (SSSR count). The third kappa shape index (κ3) is 2.28. The van der Waals surface area contributed by atoms with Crippen molar-refractivity contribution in [2.75, 3.05) is 4.90 Å². The molecule has 20 heavy (non-hydrogen) atoms. The van der Waals surface area contributed by atoms with Gasteiger partial charge in [-0.1, -0.05) is 25.3 Å². The van der Waals surface area contributed by atoms with Gasteiger partial charge in [-0.25, -0.2) is 14.1 Å². The van der Waals surface area contributed by atoms with Crippen LogP contribution in [0.4, 0.5) is 14.9 Å². The van der Waals surface area contributed by atoms with Crippen LogP contribution < -0.4 is 10.2 Å². The van der Waals surface area contributed by atoms with Crippen molar-refractivity contribution in [1.29, 1.82) is 0 Å². The van der Waals surface area contributed by atoms with Crippen LogP contribution in [0.15, 0.2) is 24.3 Å². The zero-order valence-electron chi connectivity index (χ0n) is 11.2. The molecule has 3 amide bonds. The number of nitrogens with zero attached hydrogens (tertiary/aromatic N) is 1. The number of amides is 3. The largest absolute Gasteiger partial charge is 0.331 e. The second kappa shape index (κ2) is 4.89. The highest BCUT2D eigenvalue weighted by Crippen LogP contribution is 2.35. The third-order valence-electron chi connectivity index (χ3n) is 4.19. The summed E-state index contributed by atoms with van der Waals surface area (Å²) < 4.78 is 13.3. The van der Waals surface area contributed by atoms with Crippen LogP contribution in [0.25, 0.3) is 0 Å². The summed E-state index contributed by atoms with van der Waals surface area (Å²) in [6.45, 7) is 0. The number of hydrogen-bond donors (Lipinski definition) is 1. The smallest absolute Gasteiger partial charge is 0.329 e. The highest BCUT2D eigenvalue weighted by Gasteiger charge is 2.44. The lowest BCUT2D eigenvalue weighted by Gasteiger charge is -2.43. The van der Waals surface area contributed by atoms with Crippen LogP contribution in [0, 0.1) is 5.82 Å². The standard InChI is InChI=1S/C15H17FN2O2/c16-11-5-4-6-12(9-11)18-13(19)10-15(17-14(18)20)7-2-1-3-8-15/h4-6,9H,1-3,7-8,10H2,(H,17,20). The lowest BCUT2D eigenvalue weighted by Crippen LogP contribution is -2.62. The summed E-state index contributed by atoms with van der Waals surface area (Å²) in [5.74, 6) is -0.706. The van der Waals surface area contributed by atoms with Crippen molar-refractivity contribution in [2.24, 2.45) is 0 Å². The van der Waals surface area contributed by atoms with Crippen LogP contribution >= 0.6 is 0 Å². The fourth-order valence-corrected chi connectivity index (χ4v) is 3.22. The molecule has 2 fully saturated rings. The molecule has 1 heterocycles. The molecule has 1 saturated heterocycles. The zero-order valence-corrected chi connectivity index (χ0v) is 11.2. The Kier molecular flexibility index (Phi) is 3.20. The van der Waals surface area contributed by atoms with Crippen molar-refractivity contribution in [3.05, 3.63) is 30.1 Å². The molecule has 5 heteroatoms. The Hall–Kier alpha value is -1.91. The van der Waals surface area contributed by atoms with Gasteiger partial charge in [0.1, 0.15) is 5.82 Å². The first-order valence-electron chi connectivity index (χ1n) is 7.00. The van der Waals surface area contributed by atoms with Gasteiger partial charge in [0.25, 0.3) is 0 Å². The van der Waals surface area contributed by atoms with E-state index in [1.54, 1.807) is 6.07 Å². The van der Waals surface area contributed by atoms with Gasteiger partial charge in [0.15, 0.2) is 0 Å². The number of imide groups is 1. The van der Waals surface area contributed by atoms with E-state index in [9.17, 15) is 14.0 Å². The van der Waals surface area contributed by atoms with E-state index >= 15 is 0 Å². The van der Waals surface area contributed by atoms with Crippen LogP contribution in [0.1, 0.15) is 38.5 Å². The van der Waals surface area contributed by atoms with Gasteiger partial charge in [0.2, 0.25) is 5.91 Å². The topological polar surface area (TPSA) is 49.4 Å². The molecule has 1 spiro atoms. The normalized spacial score (nSPS) is 21.9. The first-order valence-corrected chi connectivity index (χ1v) is 7.00. The summed E-state index contributed by atoms with van der Waals surface area (Å²) in [4.78, 5) is 25.6. The second-order valence-electron chi connectivity index (χ2n) is 5.66. The van der Waals surface area contributed by atoms with E-state index in [0.717, 1.165) is 37.0 Å². The van der Waals surface area contributed by atoms with E-state index in [1.165, 1.54) is 18.2 Å². The molecular formula is C15H17FN2O2. The van der Waals surface area contributed by atoms with Gasteiger partial charge in [-0.2, -0.15) is 0 Å². The number of urea groups is 1. The molecule has 1 aromatic rings. The minimum atomic E-state index is -0.457. The van der Waals surface area contributed by atoms with Gasteiger partial charge in [-0.3, -0.25) is 4.79 Å². The molecule has 0 bridgehead atoms. The number of anilines is 1. The zero-order chi connectivity index (χ0) is 14.2. The minimum Gasteiger partial charge on any atom is -0.331 e. The minimum absolute atomic E-state index is 0.249. The molecule has 0 unspecified atom stereocenters. The summed E-state index contributed by atoms with van der Waals surface area (Å²) in [6.07, 6.45) is 5.22. The fraction of sp³-hybridized carbons (Fsp3) is 0.467. The van der Waals surface area contributed by atoms with E-state index in [2.05, 4.69) is 5.32 Å². The van der Waals surface area contributed by atoms with Crippen LogP contribution in [-0.2, 0) is 4.79 Å². The fourth-order valence-electron chi connectivity index (χ4n) is 3.22. The predicted molar refractivity (Wildman–Crippen MR) is 72.9 cm³/mol. The summed E-state index contributed by atoms with van der Waals surface area (Å²) in [5.41, 5.74) is -0.0888. The number of carbonyl (C=O) groups is 2. The van der Waals surface area contributed by atoms with Crippen molar-refractivity contribution < 1.29 is 14.0 Å². The summed E-state index contributed by atoms with van der Waals surface area (Å²) in [5, 5.41) is 2.97. The molecule has 0 radical (unpaired) electrons. The number of hydrogen-bond acceptors (Lipinski definition) is 2. The lowest BCUT2D eigenvalue weighted by atomic mass is 9.78. The average Bonchev–Trinajstić information content (AvgIpc) is 2.38. The summed E-state index contributed by atoms with van der Waals surface area (Å²) >= 11 is 0. The predicted octanol–water partition coefficient (Wildman–Crippen LogP) is 2.97. The van der Waals surface area contributed by atoms with Gasteiger partial charge in [0.05, 0.1) is 17.6 Å². The molecule has 4 nitrogen and oxygen atoms in total. The first kappa shape index (κ1) is 13.1. The maximum Gasteiger partial charge on any atom is 0.329 e. The summed E-state index contributed by atoms with van der Waals surface area (Å²) in [6, 6.07) is 5.12. The number of benzene rings is 1. The number of nitrogens with one attached hydrogen (secondary N) is 1. The van der Waals surface area contributed by atoms with Crippen LogP contribution in [0.5, 0.6) is 0 Å². The molecule has 2 aliphatic rings. The monoisotopic (exact) mass is 276 g/mol. The molecule has 1 aliphatic heterocycles. The average molecular weight is 276 g/mol. The Bertz CT molecular complexity index is 533. The molecule has 0 atom stereocenters. The Morgan fingerprint density at radius 2 is 1.90 bits per heavy atom. The summed E-state index contributed by atoms with van der Waals surface area (Å²) in [7, 11) is 0. The SMILES string of the molecule is O=C1CC2(CCCCC2)NC(=O)N1c1cccc(F)c1. The van der Waals surface area contributed by atoms with Crippen molar-refractivity contribution >= 4 is 17.6 Å². The third-order valence-corrected chi connectivity index (χ3v) is 4.19. The number of carbonyl (C=O) groups excluding carboxylic acids is 2. The van der Waals surface area contributed by atoms with Gasteiger partial charge in [-0.05, 0) is 31.0 Å². The molecule has 1 saturated carbocycles. The number of rotatable bonds is 1. The van der Waals surface area contributed by atoms with Gasteiger partial charge in [0, 0.05) is 0 Å². The maximum absolute atomic E-state index is 13.3. The molecule has 0 aromatic heterocycles.